The van der Waals surface area contributed by atoms with Gasteiger partial charge in [0, 0.05) is 0 Å². The van der Waals surface area contributed by atoms with Gasteiger partial charge in [-0.25, -0.2) is 0 Å². The van der Waals surface area contributed by atoms with Crippen LogP contribution < -0.4 is 5.32 Å². The van der Waals surface area contributed by atoms with Crippen LogP contribution in [0.5, 0.6) is 0 Å². The summed E-state index contributed by atoms with van der Waals surface area (Å²) in [5.41, 5.74) is 0. The molecule has 0 aromatic carbocycles. The molecule has 1 aliphatic heterocycles. The van der Waals surface area contributed by atoms with Crippen molar-refractivity contribution in [2.45, 2.75) is 12.2 Å². The van der Waals surface area contributed by atoms with Crippen molar-refractivity contribution >= 4 is 5.91 Å². The highest BCUT2D eigenvalue weighted by Crippen LogP contribution is 2.15. The molecule has 0 aromatic heterocycles. The van der Waals surface area contributed by atoms with Crippen LogP contribution in [0, 0.1) is 0 Å². The van der Waals surface area contributed by atoms with E-state index < -0.39 is 18.1 Å². The monoisotopic (exact) mass is 169 g/mol. The number of carbonyl (C=O) groups excluding carboxylic acids is 1. The molecule has 3 nitrogen and oxygen atoms in total. The number of amides is 1. The zero-order valence-electron chi connectivity index (χ0n) is 5.44. The number of ether oxygens (including phenoxy) is 1. The minimum Gasteiger partial charge on any atom is -0.377 e. The van der Waals surface area contributed by atoms with Gasteiger partial charge in [-0.3, -0.25) is 4.79 Å². The van der Waals surface area contributed by atoms with Gasteiger partial charge in [0.15, 0.2) is 0 Å². The first-order valence-electron chi connectivity index (χ1n) is 2.95. The molecule has 64 valence electrons. The molecule has 1 aliphatic rings. The van der Waals surface area contributed by atoms with Crippen LogP contribution in [0.25, 0.3) is 0 Å². The number of hydrogen-bond acceptors (Lipinski definition) is 2. The minimum atomic E-state index is -4.78. The van der Waals surface area contributed by atoms with Crippen molar-refractivity contribution in [3.05, 3.63) is 0 Å². The summed E-state index contributed by atoms with van der Waals surface area (Å²) in [5, 5.41) is 1.77. The standard InChI is InChI=1S/C5H6F3NO2/c6-5(7,8)4(10)9-3-1-11-2-3/h3H,1-2H2,(H,9,10). The Morgan fingerprint density at radius 3 is 2.27 bits per heavy atom. The van der Waals surface area contributed by atoms with E-state index in [1.54, 1.807) is 5.32 Å². The molecular formula is C5H6F3NO2. The third kappa shape index (κ3) is 2.07. The Morgan fingerprint density at radius 2 is 2.00 bits per heavy atom. The molecule has 0 unspecified atom stereocenters. The molecule has 1 heterocycles. The third-order valence-corrected chi connectivity index (χ3v) is 1.23. The molecule has 1 amide bonds. The second kappa shape index (κ2) is 2.69. The normalized spacial score (nSPS) is 19.2. The quantitative estimate of drug-likeness (QED) is 0.602. The summed E-state index contributed by atoms with van der Waals surface area (Å²) >= 11 is 0. The molecule has 0 atom stereocenters. The first-order chi connectivity index (χ1) is 5.00. The van der Waals surface area contributed by atoms with Gasteiger partial charge < -0.3 is 10.1 Å². The van der Waals surface area contributed by atoms with Gasteiger partial charge in [-0.1, -0.05) is 0 Å². The highest BCUT2D eigenvalue weighted by molar-refractivity contribution is 5.82. The van der Waals surface area contributed by atoms with Crippen LogP contribution in [0.4, 0.5) is 13.2 Å². The van der Waals surface area contributed by atoms with E-state index in [9.17, 15) is 18.0 Å². The molecule has 0 saturated carbocycles. The maximum Gasteiger partial charge on any atom is 0.471 e. The van der Waals surface area contributed by atoms with E-state index in [0.717, 1.165) is 0 Å². The van der Waals surface area contributed by atoms with Crippen molar-refractivity contribution in [2.75, 3.05) is 13.2 Å². The van der Waals surface area contributed by atoms with Gasteiger partial charge >= 0.3 is 12.1 Å². The van der Waals surface area contributed by atoms with Crippen molar-refractivity contribution in [1.82, 2.24) is 5.32 Å². The molecule has 0 spiro atoms. The lowest BCUT2D eigenvalue weighted by molar-refractivity contribution is -0.177. The molecule has 11 heavy (non-hydrogen) atoms. The van der Waals surface area contributed by atoms with E-state index in [1.165, 1.54) is 0 Å². The highest BCUT2D eigenvalue weighted by atomic mass is 19.4. The third-order valence-electron chi connectivity index (χ3n) is 1.23. The SMILES string of the molecule is O=C(NC1COC1)C(F)(F)F. The molecule has 0 aliphatic carbocycles. The van der Waals surface area contributed by atoms with Crippen molar-refractivity contribution < 1.29 is 22.7 Å². The Bertz CT molecular complexity index is 164. The molecule has 0 radical (unpaired) electrons. The largest absolute Gasteiger partial charge is 0.471 e. The smallest absolute Gasteiger partial charge is 0.377 e. The Balaban J connectivity index is 2.30. The lowest BCUT2D eigenvalue weighted by Crippen LogP contribution is -2.52. The van der Waals surface area contributed by atoms with Gasteiger partial charge in [-0.2, -0.15) is 13.2 Å². The van der Waals surface area contributed by atoms with E-state index in [-0.39, 0.29) is 13.2 Å². The Hall–Kier alpha value is -0.780. The first kappa shape index (κ1) is 8.32. The van der Waals surface area contributed by atoms with Gasteiger partial charge in [0.2, 0.25) is 0 Å². The van der Waals surface area contributed by atoms with E-state index in [1.807, 2.05) is 0 Å². The number of hydrogen-bond donors (Lipinski definition) is 1. The zero-order valence-corrected chi connectivity index (χ0v) is 5.44. The number of carbonyl (C=O) groups is 1. The number of nitrogens with one attached hydrogen (secondary N) is 1. The lowest BCUT2D eigenvalue weighted by atomic mass is 10.2. The minimum absolute atomic E-state index is 0.168. The van der Waals surface area contributed by atoms with Gasteiger partial charge in [-0.05, 0) is 0 Å². The fraction of sp³-hybridized carbons (Fsp3) is 0.800. The summed E-state index contributed by atoms with van der Waals surface area (Å²) in [5.74, 6) is -1.90. The van der Waals surface area contributed by atoms with Gasteiger partial charge in [-0.15, -0.1) is 0 Å². The number of alkyl halides is 3. The fourth-order valence-corrected chi connectivity index (χ4v) is 0.586. The van der Waals surface area contributed by atoms with Crippen LogP contribution in [-0.2, 0) is 9.53 Å². The van der Waals surface area contributed by atoms with Crippen molar-refractivity contribution in [2.24, 2.45) is 0 Å². The van der Waals surface area contributed by atoms with E-state index in [2.05, 4.69) is 4.74 Å². The summed E-state index contributed by atoms with van der Waals surface area (Å²) in [6, 6.07) is -0.468. The zero-order chi connectivity index (χ0) is 8.48. The van der Waals surface area contributed by atoms with Crippen LogP contribution in [0.2, 0.25) is 0 Å². The van der Waals surface area contributed by atoms with Crippen molar-refractivity contribution in [1.29, 1.82) is 0 Å². The van der Waals surface area contributed by atoms with Crippen LogP contribution >= 0.6 is 0 Å². The summed E-state index contributed by atoms with van der Waals surface area (Å²) in [6.45, 7) is 0.337. The molecule has 1 fully saturated rings. The summed E-state index contributed by atoms with van der Waals surface area (Å²) in [7, 11) is 0. The maximum absolute atomic E-state index is 11.5. The molecule has 0 bridgehead atoms. The second-order valence-corrected chi connectivity index (χ2v) is 2.21. The molecule has 1 rings (SSSR count). The van der Waals surface area contributed by atoms with Crippen molar-refractivity contribution in [3.63, 3.8) is 0 Å². The van der Waals surface area contributed by atoms with Gasteiger partial charge in [0.1, 0.15) is 0 Å². The summed E-state index contributed by atoms with van der Waals surface area (Å²) in [4.78, 5) is 10.2. The molecule has 6 heteroatoms. The molecular weight excluding hydrogens is 163 g/mol. The lowest BCUT2D eigenvalue weighted by Gasteiger charge is -2.26. The van der Waals surface area contributed by atoms with E-state index >= 15 is 0 Å². The highest BCUT2D eigenvalue weighted by Gasteiger charge is 2.40. The van der Waals surface area contributed by atoms with Crippen LogP contribution in [0.3, 0.4) is 0 Å². The summed E-state index contributed by atoms with van der Waals surface area (Å²) in [6.07, 6.45) is -4.78. The Labute approximate surface area is 60.5 Å². The van der Waals surface area contributed by atoms with Crippen LogP contribution in [-0.4, -0.2) is 31.3 Å². The molecule has 1 saturated heterocycles. The topological polar surface area (TPSA) is 38.3 Å². The van der Waals surface area contributed by atoms with E-state index in [0.29, 0.717) is 0 Å². The molecule has 1 N–H and O–H groups in total. The van der Waals surface area contributed by atoms with Crippen LogP contribution in [0.15, 0.2) is 0 Å². The Kier molecular flexibility index (Phi) is 2.03. The van der Waals surface area contributed by atoms with E-state index in [4.69, 9.17) is 0 Å². The average Bonchev–Trinajstić information content (AvgIpc) is 1.75. The number of halogens is 3. The number of rotatable bonds is 1. The maximum atomic E-state index is 11.5. The van der Waals surface area contributed by atoms with Gasteiger partial charge in [0.25, 0.3) is 0 Å². The predicted molar refractivity (Wildman–Crippen MR) is 28.8 cm³/mol. The average molecular weight is 169 g/mol. The van der Waals surface area contributed by atoms with Crippen LogP contribution in [0.1, 0.15) is 0 Å². The predicted octanol–water partition coefficient (Wildman–Crippen LogP) is 0.0637. The fourth-order valence-electron chi connectivity index (χ4n) is 0.586. The summed E-state index contributed by atoms with van der Waals surface area (Å²) < 4.78 is 39.1. The first-order valence-corrected chi connectivity index (χ1v) is 2.95. The second-order valence-electron chi connectivity index (χ2n) is 2.21. The van der Waals surface area contributed by atoms with Gasteiger partial charge in [0.05, 0.1) is 19.3 Å². The molecule has 0 aromatic rings. The Morgan fingerprint density at radius 1 is 1.45 bits per heavy atom. The van der Waals surface area contributed by atoms with Crippen molar-refractivity contribution in [3.8, 4) is 0 Å².